The van der Waals surface area contributed by atoms with E-state index in [-0.39, 0.29) is 48.4 Å². The van der Waals surface area contributed by atoms with Crippen LogP contribution in [0.3, 0.4) is 0 Å². The molecule has 3 heterocycles. The number of rotatable bonds is 68. The van der Waals surface area contributed by atoms with Crippen LogP contribution in [0, 0.1) is 10.1 Å². The largest absolute Gasteiger partial charge is 0.483 e. The predicted molar refractivity (Wildman–Crippen MR) is 533 cm³/mol. The van der Waals surface area contributed by atoms with Gasteiger partial charge in [-0.1, -0.05) is 135 Å². The number of anilines is 1. The van der Waals surface area contributed by atoms with Gasteiger partial charge in [-0.25, -0.2) is 23.3 Å². The van der Waals surface area contributed by atoms with Gasteiger partial charge in [0.25, 0.3) is 0 Å². The van der Waals surface area contributed by atoms with Crippen molar-refractivity contribution in [2.24, 2.45) is 0 Å². The van der Waals surface area contributed by atoms with Crippen molar-refractivity contribution in [3.63, 3.8) is 0 Å². The molecule has 2 fully saturated rings. The smallest absolute Gasteiger partial charge is 0.480 e. The molecule has 786 valence electrons. The van der Waals surface area contributed by atoms with Crippen LogP contribution >= 0.6 is 15.6 Å². The maximum absolute atomic E-state index is 14.1. The Morgan fingerprint density at radius 3 is 1.36 bits per heavy atom. The van der Waals surface area contributed by atoms with Gasteiger partial charge in [0.1, 0.15) is 72.9 Å². The number of nitrogens with zero attached hydrogens (tertiary/aromatic N) is 3. The highest BCUT2D eigenvalue weighted by Gasteiger charge is 2.55. The molecule has 0 bridgehead atoms. The topological polar surface area (TPSA) is 563 Å². The minimum atomic E-state index is -5.95. The molecule has 40 heteroatoms. The number of hydrogen-bond donors (Lipinski definition) is 15. The number of carbonyl (C=O) groups is 8. The molecule has 0 spiro atoms. The van der Waals surface area contributed by atoms with Crippen LogP contribution in [0.1, 0.15) is 297 Å². The van der Waals surface area contributed by atoms with E-state index in [1.807, 2.05) is 6.92 Å². The SMILES string of the molecule is CC(=O)N[C@H]1[C@H](O[C@H]2[C@H](O[C@H](C)C(=O)N[C@@H](C)C(=O)N[C@H](CCC(=O)N[C@@H](CCCCNC(=O)CCCCCNc3ccc([N+](=O)[O-])c4nonc34)C(=O)O)C(=O)O)[C@@H](NC(C)=O)[C@@H](OP(=O)(O)OP(=O)(O)OC/C=C(/C)CC/C=C(/C)CC/C=C(/C)CC/C=C(/C)CC/C=C(/C)CC/C=C(/C)CC/C=C(/C)CC/C=C(\C)CC/C=C(\C)CC/C=C(\C)CCC=C(C)C)O[C@@H]2CO)O[C@H](CO)[C@@H](O)[C@@H]1O. The number of phosphoric acid groups is 2. The van der Waals surface area contributed by atoms with Crippen LogP contribution in [0.4, 0.5) is 11.4 Å². The summed E-state index contributed by atoms with van der Waals surface area (Å²) < 4.78 is 71.1. The second-order valence-electron chi connectivity index (χ2n) is 36.9. The number of aliphatic carboxylic acids is 2. The normalized spacial score (nSPS) is 21.2. The van der Waals surface area contributed by atoms with Crippen molar-refractivity contribution in [2.45, 2.75) is 383 Å². The number of hydrogen-bond acceptors (Lipinski definition) is 27. The average Bonchev–Trinajstić information content (AvgIpc) is 1.06. The summed E-state index contributed by atoms with van der Waals surface area (Å²) in [7, 11) is -11.5. The zero-order valence-corrected chi connectivity index (χ0v) is 86.4. The highest BCUT2D eigenvalue weighted by Crippen LogP contribution is 2.61. The van der Waals surface area contributed by atoms with Crippen LogP contribution in [0.5, 0.6) is 0 Å². The summed E-state index contributed by atoms with van der Waals surface area (Å²) in [5.41, 5.74) is 15.2. The molecular formula is C100H158N10O28P2. The number of allylic oxidation sites excluding steroid dienone is 21. The monoisotopic (exact) mass is 2010 g/mol. The summed E-state index contributed by atoms with van der Waals surface area (Å²) >= 11 is 0. The lowest BCUT2D eigenvalue weighted by Gasteiger charge is -2.49. The van der Waals surface area contributed by atoms with Gasteiger partial charge in [0.15, 0.2) is 18.1 Å². The van der Waals surface area contributed by atoms with E-state index in [4.69, 9.17) is 28.0 Å². The molecule has 6 amide bonds. The molecule has 4 rings (SSSR count). The number of fused-ring (bicyclic) bond motifs is 1. The molecule has 2 aliphatic rings. The number of nitrogens with one attached hydrogen (secondary N) is 7. The van der Waals surface area contributed by atoms with E-state index in [2.05, 4.69) is 186 Å². The second-order valence-corrected chi connectivity index (χ2v) is 39.9. The zero-order chi connectivity index (χ0) is 104. The first kappa shape index (κ1) is 123. The number of aliphatic hydroxyl groups excluding tert-OH is 4. The van der Waals surface area contributed by atoms with Crippen molar-refractivity contribution >= 4 is 85.4 Å². The van der Waals surface area contributed by atoms with Gasteiger partial charge in [0.2, 0.25) is 41.0 Å². The van der Waals surface area contributed by atoms with Gasteiger partial charge >= 0.3 is 33.3 Å². The Hall–Kier alpha value is -9.34. The predicted octanol–water partition coefficient (Wildman–Crippen LogP) is 15.6. The van der Waals surface area contributed by atoms with Crippen LogP contribution in [-0.4, -0.2) is 221 Å². The molecule has 2 saturated heterocycles. The number of carboxylic acid groups (broad SMARTS) is 2. The molecule has 2 aliphatic heterocycles. The average molecular weight is 2010 g/mol. The third kappa shape index (κ3) is 49.6. The Labute approximate surface area is 824 Å². The first-order chi connectivity index (χ1) is 66.2. The molecule has 16 atom stereocenters. The molecule has 15 N–H and O–H groups in total. The minimum Gasteiger partial charge on any atom is -0.480 e. The molecule has 1 aromatic carbocycles. The Morgan fingerprint density at radius 2 is 0.914 bits per heavy atom. The van der Waals surface area contributed by atoms with Crippen molar-refractivity contribution in [1.29, 1.82) is 0 Å². The standard InChI is InChI=1S/C100H158N10O28P2/c1-64(2)32-22-33-65(3)34-23-35-66(4)36-24-37-67(5)38-25-39-68(6)40-26-41-69(7)42-27-43-70(8)44-28-45-71(9)46-29-47-72(10)48-30-49-73(11)50-31-51-74(12)58-61-131-139(127,128)138-140(129,130)136-100-90(105-78(16)114)94(93(84(63-112)134-100)135-99-89(104-77(15)113)92(118)91(117)83(62-111)133-99)132-76(14)96(120)103-75(13)95(119)107-81(98(123)124)55-57-86(116)106-80(97(121)122)52-19-21-60-102-85(115)53-18-17-20-59-101-79-54-56-82(110(125)126)88-87(79)108-137-109-88/h32,34,36,38,40,42,44,46,48,50,54,56,58,75-76,80-81,83-84,89-94,99-101,111-112,117-118H,17-31,33,35,37,39,41,43,45,47,49,51-53,55,57,59-63H2,1-16H3,(H,102,115)(H,103,120)(H,104,113)(H,105,114)(H,106,116)(H,107,119)(H,121,122)(H,123,124)(H,127,128)(H,129,130)/b65-34+,66-36+,67-38+,68-40-,69-42-,70-44-,71-46-,72-48-,73-50-,74-58-/t75-,76+,80-,81+,83+,84+,89+,90+,91+,92+,93+,94+,99-,100+/m0/s1. The highest BCUT2D eigenvalue weighted by molar-refractivity contribution is 7.61. The quantitative estimate of drug-likeness (QED) is 0.00961. The van der Waals surface area contributed by atoms with E-state index in [9.17, 15) is 98.0 Å². The Morgan fingerprint density at radius 1 is 0.479 bits per heavy atom. The lowest BCUT2D eigenvalue weighted by Crippen LogP contribution is -2.70. The summed E-state index contributed by atoms with van der Waals surface area (Å²) in [6, 6.07) is -5.80. The van der Waals surface area contributed by atoms with Crippen molar-refractivity contribution in [3.8, 4) is 0 Å². The molecule has 2 aromatic rings. The molecule has 1 aromatic heterocycles. The number of aromatic nitrogens is 2. The van der Waals surface area contributed by atoms with E-state index in [1.54, 1.807) is 6.92 Å². The first-order valence-electron chi connectivity index (χ1n) is 48.6. The number of carbonyl (C=O) groups excluding carboxylic acids is 6. The summed E-state index contributed by atoms with van der Waals surface area (Å²) in [5, 5.41) is 99.2. The first-order valence-corrected chi connectivity index (χ1v) is 51.6. The van der Waals surface area contributed by atoms with Gasteiger partial charge in [-0.3, -0.25) is 47.9 Å². The number of carboxylic acids is 2. The number of phosphoric ester groups is 2. The van der Waals surface area contributed by atoms with E-state index in [0.717, 1.165) is 154 Å². The Balaban J connectivity index is 1.25. The molecule has 0 radical (unpaired) electrons. The van der Waals surface area contributed by atoms with E-state index in [1.165, 1.54) is 68.4 Å². The number of nitro benzene ring substituents is 1. The molecule has 38 nitrogen and oxygen atoms in total. The molecule has 2 unspecified atom stereocenters. The third-order valence-electron chi connectivity index (χ3n) is 23.8. The number of benzene rings is 1. The van der Waals surface area contributed by atoms with Crippen LogP contribution in [0.15, 0.2) is 145 Å². The number of ether oxygens (including phenoxy) is 4. The van der Waals surface area contributed by atoms with Crippen LogP contribution in [-0.2, 0) is 79.8 Å². The zero-order valence-electron chi connectivity index (χ0n) is 84.6. The van der Waals surface area contributed by atoms with E-state index in [0.29, 0.717) is 50.8 Å². The Kier molecular flexibility index (Phi) is 57.8. The van der Waals surface area contributed by atoms with Crippen LogP contribution in [0.2, 0.25) is 0 Å². The molecular weight excluding hydrogens is 1850 g/mol. The van der Waals surface area contributed by atoms with E-state index < -0.39 is 180 Å². The van der Waals surface area contributed by atoms with Crippen molar-refractivity contribution in [2.75, 3.05) is 38.2 Å². The fourth-order valence-corrected chi connectivity index (χ4v) is 17.6. The van der Waals surface area contributed by atoms with Gasteiger partial charge in [-0.2, -0.15) is 4.31 Å². The van der Waals surface area contributed by atoms with Gasteiger partial charge in [0.05, 0.1) is 30.4 Å². The summed E-state index contributed by atoms with van der Waals surface area (Å²) in [5.74, 6) is -8.29. The number of aliphatic hydroxyl groups is 4. The van der Waals surface area contributed by atoms with Gasteiger partial charge in [-0.05, 0) is 280 Å². The van der Waals surface area contributed by atoms with Gasteiger partial charge < -0.3 is 96.6 Å². The summed E-state index contributed by atoms with van der Waals surface area (Å²) in [6.45, 7) is 28.1. The second kappa shape index (κ2) is 65.8. The lowest BCUT2D eigenvalue weighted by atomic mass is 9.94. The Bertz CT molecular complexity index is 4780. The summed E-state index contributed by atoms with van der Waals surface area (Å²) in [4.78, 5) is 136. The number of amides is 6. The van der Waals surface area contributed by atoms with Gasteiger partial charge in [0, 0.05) is 45.8 Å². The third-order valence-corrected chi connectivity index (χ3v) is 26.4. The van der Waals surface area contributed by atoms with Crippen LogP contribution in [0.25, 0.3) is 11.0 Å². The van der Waals surface area contributed by atoms with Crippen molar-refractivity contribution in [1.82, 2.24) is 42.2 Å². The number of nitro groups is 1. The van der Waals surface area contributed by atoms with Crippen molar-refractivity contribution in [3.05, 3.63) is 150 Å². The number of non-ortho nitro benzene ring substituents is 1. The van der Waals surface area contributed by atoms with Crippen molar-refractivity contribution < 1.29 is 130 Å². The lowest BCUT2D eigenvalue weighted by molar-refractivity contribution is -0.383. The summed E-state index contributed by atoms with van der Waals surface area (Å²) in [6.07, 6.45) is 28.7. The fraction of sp³-hybridized carbons (Fsp3) is 0.640. The maximum atomic E-state index is 14.1. The van der Waals surface area contributed by atoms with Crippen LogP contribution < -0.4 is 37.2 Å². The minimum absolute atomic E-state index is 0.00770. The maximum Gasteiger partial charge on any atom is 0.483 e. The highest BCUT2D eigenvalue weighted by atomic mass is 31.3. The molecule has 0 aliphatic carbocycles. The molecule has 140 heavy (non-hydrogen) atoms. The number of unbranched alkanes of at least 4 members (excludes halogenated alkanes) is 3. The fourth-order valence-electron chi connectivity index (χ4n) is 15.5. The molecule has 0 saturated carbocycles. The van der Waals surface area contributed by atoms with E-state index >= 15 is 0 Å². The van der Waals surface area contributed by atoms with Gasteiger partial charge in [-0.15, -0.1) is 0 Å².